The molecule has 280 valence electrons. The van der Waals surface area contributed by atoms with Crippen LogP contribution in [0.2, 0.25) is 0 Å². The summed E-state index contributed by atoms with van der Waals surface area (Å²) in [7, 11) is 0. The summed E-state index contributed by atoms with van der Waals surface area (Å²) in [6.45, 7) is 0. The summed E-state index contributed by atoms with van der Waals surface area (Å²) in [5.74, 6) is 0. The molecule has 3 nitrogen and oxygen atoms in total. The van der Waals surface area contributed by atoms with Gasteiger partial charge in [-0.2, -0.15) is 0 Å². The van der Waals surface area contributed by atoms with Crippen LogP contribution in [0.3, 0.4) is 0 Å². The molecule has 59 heavy (non-hydrogen) atoms. The zero-order chi connectivity index (χ0) is 39.1. The van der Waals surface area contributed by atoms with Crippen molar-refractivity contribution in [2.24, 2.45) is 0 Å². The van der Waals surface area contributed by atoms with Crippen LogP contribution in [0, 0.1) is 0 Å². The first-order valence-corrected chi connectivity index (χ1v) is 21.5. The number of rotatable bonds is 9. The summed E-state index contributed by atoms with van der Waals surface area (Å²) < 4.78 is 5.01. The minimum absolute atomic E-state index is 1.10. The van der Waals surface area contributed by atoms with Crippen LogP contribution in [0.25, 0.3) is 40.3 Å². The van der Waals surface area contributed by atoms with Crippen LogP contribution >= 0.6 is 22.7 Å². The Kier molecular flexibility index (Phi) is 8.88. The predicted octanol–water partition coefficient (Wildman–Crippen LogP) is 16.8. The van der Waals surface area contributed by atoms with Gasteiger partial charge in [-0.15, -0.1) is 22.7 Å². The summed E-state index contributed by atoms with van der Waals surface area (Å²) in [6, 6.07) is 80.9. The van der Waals surface area contributed by atoms with Crippen molar-refractivity contribution in [1.82, 2.24) is 0 Å². The molecule has 0 amide bonds. The number of thiophene rings is 2. The Morgan fingerprint density at radius 3 is 1.31 bits per heavy atom. The van der Waals surface area contributed by atoms with Gasteiger partial charge >= 0.3 is 0 Å². The fourth-order valence-corrected chi connectivity index (χ4v) is 10.8. The normalized spacial score (nSPS) is 11.4. The van der Waals surface area contributed by atoms with Gasteiger partial charge < -0.3 is 14.7 Å². The summed E-state index contributed by atoms with van der Waals surface area (Å²) >= 11 is 3.72. The number of benzene rings is 9. The van der Waals surface area contributed by atoms with Crippen molar-refractivity contribution in [1.29, 1.82) is 0 Å². The van der Waals surface area contributed by atoms with Crippen molar-refractivity contribution in [2.45, 2.75) is 0 Å². The molecule has 0 unspecified atom stereocenters. The first-order valence-electron chi connectivity index (χ1n) is 19.8. The Morgan fingerprint density at radius 2 is 0.729 bits per heavy atom. The van der Waals surface area contributed by atoms with E-state index in [1.165, 1.54) is 40.3 Å². The number of anilines is 9. The molecular formula is C54H37N3S2. The van der Waals surface area contributed by atoms with E-state index in [2.05, 4.69) is 239 Å². The van der Waals surface area contributed by atoms with Crippen LogP contribution in [0.4, 0.5) is 51.2 Å². The molecule has 0 saturated carbocycles. The van der Waals surface area contributed by atoms with Crippen molar-refractivity contribution in [3.63, 3.8) is 0 Å². The highest BCUT2D eigenvalue weighted by atomic mass is 32.1. The van der Waals surface area contributed by atoms with Gasteiger partial charge in [0.2, 0.25) is 0 Å². The highest BCUT2D eigenvalue weighted by molar-refractivity contribution is 7.26. The van der Waals surface area contributed by atoms with Crippen LogP contribution in [0.15, 0.2) is 224 Å². The SMILES string of the molecule is c1ccc(N(c2ccccc2)c2ccc3c(c2)sc2c(N(c4ccccc4)c4cc(N(c5ccccc5)c5ccccc5)c5c(c4)sc4ccccc45)cccc23)cc1. The zero-order valence-corrected chi connectivity index (χ0v) is 33.7. The highest BCUT2D eigenvalue weighted by Crippen LogP contribution is 2.51. The molecule has 0 spiro atoms. The number of hydrogen-bond donors (Lipinski definition) is 0. The summed E-state index contributed by atoms with van der Waals surface area (Å²) in [5.41, 5.74) is 10.1. The molecule has 0 aliphatic carbocycles. The number of fused-ring (bicyclic) bond motifs is 6. The van der Waals surface area contributed by atoms with Crippen molar-refractivity contribution in [3.05, 3.63) is 224 Å². The fourth-order valence-electron chi connectivity index (χ4n) is 8.40. The Bertz CT molecular complexity index is 3140. The molecule has 0 fully saturated rings. The molecule has 0 saturated heterocycles. The van der Waals surface area contributed by atoms with Crippen LogP contribution in [-0.2, 0) is 0 Å². The van der Waals surface area contributed by atoms with Gasteiger partial charge in [0.1, 0.15) is 0 Å². The minimum Gasteiger partial charge on any atom is -0.310 e. The average molecular weight is 792 g/mol. The van der Waals surface area contributed by atoms with Gasteiger partial charge in [0.15, 0.2) is 0 Å². The zero-order valence-electron chi connectivity index (χ0n) is 32.0. The quantitative estimate of drug-likeness (QED) is 0.144. The minimum atomic E-state index is 1.10. The largest absolute Gasteiger partial charge is 0.310 e. The standard InChI is InChI=1S/C54H37N3S2/c1-6-19-38(20-7-1)55(39-21-8-2-9-22-39)43-33-34-45-46-30-18-31-48(54(46)59-51(45)36-43)57(42-27-14-5-15-28-42)44-35-49(53-47-29-16-17-32-50(47)58-52(53)37-44)56(40-23-10-3-11-24-40)41-25-12-4-13-26-41/h1-37H. The van der Waals surface area contributed by atoms with Gasteiger partial charge in [0, 0.05) is 75.5 Å². The van der Waals surface area contributed by atoms with E-state index >= 15 is 0 Å². The van der Waals surface area contributed by atoms with Gasteiger partial charge in [-0.25, -0.2) is 0 Å². The number of para-hydroxylation sites is 5. The van der Waals surface area contributed by atoms with E-state index in [-0.39, 0.29) is 0 Å². The second-order valence-electron chi connectivity index (χ2n) is 14.6. The van der Waals surface area contributed by atoms with Gasteiger partial charge in [-0.1, -0.05) is 127 Å². The molecule has 11 rings (SSSR count). The van der Waals surface area contributed by atoms with E-state index in [0.717, 1.165) is 51.2 Å². The predicted molar refractivity (Wildman–Crippen MR) is 256 cm³/mol. The van der Waals surface area contributed by atoms with E-state index in [1.807, 2.05) is 22.7 Å². The van der Waals surface area contributed by atoms with E-state index in [0.29, 0.717) is 0 Å². The monoisotopic (exact) mass is 791 g/mol. The molecule has 11 aromatic rings. The second-order valence-corrected chi connectivity index (χ2v) is 16.7. The van der Waals surface area contributed by atoms with Crippen LogP contribution in [0.5, 0.6) is 0 Å². The molecule has 9 aromatic carbocycles. The van der Waals surface area contributed by atoms with E-state index < -0.39 is 0 Å². The lowest BCUT2D eigenvalue weighted by Gasteiger charge is -2.30. The molecule has 0 bridgehead atoms. The van der Waals surface area contributed by atoms with Gasteiger partial charge in [-0.05, 0) is 97.1 Å². The second kappa shape index (κ2) is 15.0. The molecule has 0 N–H and O–H groups in total. The van der Waals surface area contributed by atoms with Crippen molar-refractivity contribution in [2.75, 3.05) is 14.7 Å². The van der Waals surface area contributed by atoms with Gasteiger partial charge in [-0.3, -0.25) is 0 Å². The Labute approximate surface area is 351 Å². The van der Waals surface area contributed by atoms with Gasteiger partial charge in [0.25, 0.3) is 0 Å². The maximum absolute atomic E-state index is 2.46. The molecule has 0 radical (unpaired) electrons. The van der Waals surface area contributed by atoms with E-state index in [9.17, 15) is 0 Å². The third-order valence-corrected chi connectivity index (χ3v) is 13.3. The maximum atomic E-state index is 2.46. The Morgan fingerprint density at radius 1 is 0.254 bits per heavy atom. The Balaban J connectivity index is 1.15. The highest BCUT2D eigenvalue weighted by Gasteiger charge is 2.24. The van der Waals surface area contributed by atoms with Crippen molar-refractivity contribution >= 4 is 114 Å². The molecule has 2 heterocycles. The van der Waals surface area contributed by atoms with Crippen molar-refractivity contribution < 1.29 is 0 Å². The third-order valence-electron chi connectivity index (χ3n) is 11.0. The lowest BCUT2D eigenvalue weighted by atomic mass is 10.1. The molecule has 0 aliphatic heterocycles. The molecule has 0 aliphatic rings. The summed E-state index contributed by atoms with van der Waals surface area (Å²) in [5, 5.41) is 5.02. The first kappa shape index (κ1) is 35.0. The third kappa shape index (κ3) is 6.29. The van der Waals surface area contributed by atoms with Crippen molar-refractivity contribution in [3.8, 4) is 0 Å². The summed E-state index contributed by atoms with van der Waals surface area (Å²) in [4.78, 5) is 7.22. The van der Waals surface area contributed by atoms with Crippen LogP contribution < -0.4 is 14.7 Å². The number of nitrogens with zero attached hydrogens (tertiary/aromatic N) is 3. The topological polar surface area (TPSA) is 9.72 Å². The molecule has 2 aromatic heterocycles. The smallest absolute Gasteiger partial charge is 0.0640 e. The lowest BCUT2D eigenvalue weighted by Crippen LogP contribution is -2.13. The Hall–Kier alpha value is -7.18. The fraction of sp³-hybridized carbons (Fsp3) is 0. The van der Waals surface area contributed by atoms with Crippen LogP contribution in [-0.4, -0.2) is 0 Å². The number of hydrogen-bond acceptors (Lipinski definition) is 5. The first-order chi connectivity index (χ1) is 29.3. The molecular weight excluding hydrogens is 755 g/mol. The average Bonchev–Trinajstić information content (AvgIpc) is 3.87. The maximum Gasteiger partial charge on any atom is 0.0640 e. The summed E-state index contributed by atoms with van der Waals surface area (Å²) in [6.07, 6.45) is 0. The van der Waals surface area contributed by atoms with Gasteiger partial charge in [0.05, 0.1) is 16.1 Å². The van der Waals surface area contributed by atoms with E-state index in [1.54, 1.807) is 0 Å². The molecule has 5 heteroatoms. The lowest BCUT2D eigenvalue weighted by molar-refractivity contribution is 1.27. The molecule has 0 atom stereocenters. The van der Waals surface area contributed by atoms with Crippen LogP contribution in [0.1, 0.15) is 0 Å². The van der Waals surface area contributed by atoms with E-state index in [4.69, 9.17) is 0 Å².